The fourth-order valence-corrected chi connectivity index (χ4v) is 2.08. The minimum absolute atomic E-state index is 0.0481. The summed E-state index contributed by atoms with van der Waals surface area (Å²) < 4.78 is 0. The van der Waals surface area contributed by atoms with E-state index in [1.54, 1.807) is 0 Å². The number of carbonyl (C=O) groups excluding carboxylic acids is 1. The molecular formula is C12H25N3O. The van der Waals surface area contributed by atoms with Crippen molar-refractivity contribution >= 4 is 5.91 Å². The Labute approximate surface area is 99.0 Å². The second kappa shape index (κ2) is 6.21. The Kier molecular flexibility index (Phi) is 5.22. The molecule has 0 radical (unpaired) electrons. The Morgan fingerprint density at radius 2 is 2.12 bits per heavy atom. The van der Waals surface area contributed by atoms with Crippen molar-refractivity contribution in [3.05, 3.63) is 0 Å². The number of carbonyl (C=O) groups is 1. The third kappa shape index (κ3) is 3.19. The second-order valence-electron chi connectivity index (χ2n) is 4.61. The normalized spacial score (nSPS) is 25.8. The van der Waals surface area contributed by atoms with Crippen LogP contribution >= 0.6 is 0 Å². The van der Waals surface area contributed by atoms with Gasteiger partial charge in [-0.3, -0.25) is 10.1 Å². The summed E-state index contributed by atoms with van der Waals surface area (Å²) in [5.41, 5.74) is 0. The van der Waals surface area contributed by atoms with Crippen LogP contribution in [0.15, 0.2) is 0 Å². The molecule has 0 aromatic carbocycles. The number of hydrogen-bond donors (Lipinski definition) is 1. The van der Waals surface area contributed by atoms with Crippen molar-refractivity contribution < 1.29 is 4.79 Å². The minimum Gasteiger partial charge on any atom is -0.325 e. The highest BCUT2D eigenvalue weighted by atomic mass is 16.2. The molecule has 1 rings (SSSR count). The van der Waals surface area contributed by atoms with E-state index in [1.165, 1.54) is 0 Å². The zero-order valence-corrected chi connectivity index (χ0v) is 11.0. The van der Waals surface area contributed by atoms with Gasteiger partial charge in [-0.2, -0.15) is 0 Å². The zero-order valence-electron chi connectivity index (χ0n) is 11.0. The van der Waals surface area contributed by atoms with Crippen molar-refractivity contribution in [1.29, 1.82) is 0 Å². The van der Waals surface area contributed by atoms with Gasteiger partial charge in [-0.1, -0.05) is 20.3 Å². The SMILES string of the molecule is CCCC1NC(C)N(CCN(C)CC)C1=O. The average Bonchev–Trinajstić information content (AvgIpc) is 2.52. The van der Waals surface area contributed by atoms with Gasteiger partial charge in [-0.15, -0.1) is 0 Å². The molecule has 4 nitrogen and oxygen atoms in total. The van der Waals surface area contributed by atoms with Gasteiger partial charge in [0.05, 0.1) is 12.2 Å². The molecule has 1 N–H and O–H groups in total. The largest absolute Gasteiger partial charge is 0.325 e. The summed E-state index contributed by atoms with van der Waals surface area (Å²) in [5.74, 6) is 0.277. The highest BCUT2D eigenvalue weighted by Gasteiger charge is 2.35. The first-order chi connectivity index (χ1) is 7.60. The molecule has 4 heteroatoms. The van der Waals surface area contributed by atoms with Crippen LogP contribution in [0.5, 0.6) is 0 Å². The smallest absolute Gasteiger partial charge is 0.241 e. The number of amides is 1. The molecule has 16 heavy (non-hydrogen) atoms. The van der Waals surface area contributed by atoms with Crippen LogP contribution in [0, 0.1) is 0 Å². The summed E-state index contributed by atoms with van der Waals surface area (Å²) in [7, 11) is 2.09. The van der Waals surface area contributed by atoms with Crippen LogP contribution in [0.3, 0.4) is 0 Å². The van der Waals surface area contributed by atoms with Crippen LogP contribution in [0.2, 0.25) is 0 Å². The number of rotatable bonds is 6. The summed E-state index contributed by atoms with van der Waals surface area (Å²) in [6.07, 6.45) is 2.19. The lowest BCUT2D eigenvalue weighted by Crippen LogP contribution is -2.40. The lowest BCUT2D eigenvalue weighted by atomic mass is 10.2. The van der Waals surface area contributed by atoms with Crippen LogP contribution in [0.1, 0.15) is 33.6 Å². The van der Waals surface area contributed by atoms with E-state index >= 15 is 0 Å². The summed E-state index contributed by atoms with van der Waals surface area (Å²) >= 11 is 0. The summed E-state index contributed by atoms with van der Waals surface area (Å²) in [6.45, 7) is 9.13. The molecule has 0 saturated carbocycles. The zero-order chi connectivity index (χ0) is 12.1. The summed E-state index contributed by atoms with van der Waals surface area (Å²) in [6, 6.07) is 0.0481. The van der Waals surface area contributed by atoms with Crippen molar-refractivity contribution in [1.82, 2.24) is 15.1 Å². The molecule has 0 bridgehead atoms. The van der Waals surface area contributed by atoms with E-state index in [-0.39, 0.29) is 18.1 Å². The third-order valence-electron chi connectivity index (χ3n) is 3.33. The number of likely N-dealkylation sites (N-methyl/N-ethyl adjacent to an activating group) is 1. The predicted octanol–water partition coefficient (Wildman–Crippen LogP) is 0.885. The van der Waals surface area contributed by atoms with E-state index in [0.717, 1.165) is 32.5 Å². The quantitative estimate of drug-likeness (QED) is 0.732. The van der Waals surface area contributed by atoms with Crippen molar-refractivity contribution in [2.24, 2.45) is 0 Å². The topological polar surface area (TPSA) is 35.6 Å². The van der Waals surface area contributed by atoms with Gasteiger partial charge in [-0.05, 0) is 26.9 Å². The maximum atomic E-state index is 12.1. The first-order valence-electron chi connectivity index (χ1n) is 6.35. The fraction of sp³-hybridized carbons (Fsp3) is 0.917. The highest BCUT2D eigenvalue weighted by Crippen LogP contribution is 2.13. The third-order valence-corrected chi connectivity index (χ3v) is 3.33. The molecule has 1 aliphatic heterocycles. The number of nitrogens with one attached hydrogen (secondary N) is 1. The molecule has 2 atom stereocenters. The van der Waals surface area contributed by atoms with Gasteiger partial charge in [0.1, 0.15) is 0 Å². The van der Waals surface area contributed by atoms with E-state index in [1.807, 2.05) is 4.90 Å². The monoisotopic (exact) mass is 227 g/mol. The first kappa shape index (κ1) is 13.5. The van der Waals surface area contributed by atoms with E-state index in [2.05, 4.69) is 38.0 Å². The van der Waals surface area contributed by atoms with Crippen molar-refractivity contribution in [2.45, 2.75) is 45.8 Å². The Balaban J connectivity index is 2.44. The molecule has 1 heterocycles. The maximum absolute atomic E-state index is 12.1. The van der Waals surface area contributed by atoms with Crippen molar-refractivity contribution in [2.75, 3.05) is 26.7 Å². The Bertz CT molecular complexity index is 232. The molecular weight excluding hydrogens is 202 g/mol. The van der Waals surface area contributed by atoms with Gasteiger partial charge < -0.3 is 9.80 Å². The van der Waals surface area contributed by atoms with Crippen molar-refractivity contribution in [3.63, 3.8) is 0 Å². The van der Waals surface area contributed by atoms with E-state index in [0.29, 0.717) is 0 Å². The van der Waals surface area contributed by atoms with E-state index in [4.69, 9.17) is 0 Å². The average molecular weight is 227 g/mol. The van der Waals surface area contributed by atoms with E-state index < -0.39 is 0 Å². The Hall–Kier alpha value is -0.610. The van der Waals surface area contributed by atoms with Crippen LogP contribution < -0.4 is 5.32 Å². The number of nitrogens with zero attached hydrogens (tertiary/aromatic N) is 2. The summed E-state index contributed by atoms with van der Waals surface area (Å²) in [5, 5.41) is 3.35. The second-order valence-corrected chi connectivity index (χ2v) is 4.61. The molecule has 1 aliphatic rings. The summed E-state index contributed by atoms with van der Waals surface area (Å²) in [4.78, 5) is 16.2. The van der Waals surface area contributed by atoms with Gasteiger partial charge in [0.25, 0.3) is 0 Å². The fourth-order valence-electron chi connectivity index (χ4n) is 2.08. The molecule has 0 aliphatic carbocycles. The van der Waals surface area contributed by atoms with Crippen LogP contribution in [-0.4, -0.2) is 54.6 Å². The van der Waals surface area contributed by atoms with Gasteiger partial charge in [-0.25, -0.2) is 0 Å². The van der Waals surface area contributed by atoms with Crippen LogP contribution in [0.4, 0.5) is 0 Å². The molecule has 2 unspecified atom stereocenters. The van der Waals surface area contributed by atoms with Crippen molar-refractivity contribution in [3.8, 4) is 0 Å². The predicted molar refractivity (Wildman–Crippen MR) is 66.2 cm³/mol. The maximum Gasteiger partial charge on any atom is 0.241 e. The standard InChI is InChI=1S/C12H25N3O/c1-5-7-11-12(16)15(10(3)13-11)9-8-14(4)6-2/h10-11,13H,5-9H2,1-4H3. The van der Waals surface area contributed by atoms with Gasteiger partial charge in [0.15, 0.2) is 0 Å². The van der Waals surface area contributed by atoms with Crippen LogP contribution in [-0.2, 0) is 4.79 Å². The molecule has 0 aromatic rings. The molecule has 0 spiro atoms. The van der Waals surface area contributed by atoms with Gasteiger partial charge in [0.2, 0.25) is 5.91 Å². The Morgan fingerprint density at radius 1 is 1.44 bits per heavy atom. The Morgan fingerprint density at radius 3 is 2.69 bits per heavy atom. The minimum atomic E-state index is 0.0481. The lowest BCUT2D eigenvalue weighted by Gasteiger charge is -2.23. The van der Waals surface area contributed by atoms with Crippen LogP contribution in [0.25, 0.3) is 0 Å². The number of hydrogen-bond acceptors (Lipinski definition) is 3. The molecule has 0 aromatic heterocycles. The van der Waals surface area contributed by atoms with E-state index in [9.17, 15) is 4.79 Å². The highest BCUT2D eigenvalue weighted by molar-refractivity contribution is 5.84. The van der Waals surface area contributed by atoms with Gasteiger partial charge in [0, 0.05) is 13.1 Å². The molecule has 1 saturated heterocycles. The first-order valence-corrected chi connectivity index (χ1v) is 6.35. The van der Waals surface area contributed by atoms with Gasteiger partial charge >= 0.3 is 0 Å². The molecule has 1 fully saturated rings. The molecule has 1 amide bonds. The molecule has 94 valence electrons. The lowest BCUT2D eigenvalue weighted by molar-refractivity contribution is -0.130.